The highest BCUT2D eigenvalue weighted by atomic mass is 16.2. The molecule has 0 radical (unpaired) electrons. The SMILES string of the molecule is CC[C@H](C(=O)NC)N(Cc1ccccc1C)C(=O)CN1C(=O)c2cccc3cccc1c23. The van der Waals surface area contributed by atoms with Gasteiger partial charge in [0, 0.05) is 24.5 Å². The van der Waals surface area contributed by atoms with Crippen LogP contribution in [0.1, 0.15) is 34.8 Å². The summed E-state index contributed by atoms with van der Waals surface area (Å²) in [6.45, 7) is 4.05. The molecule has 0 saturated carbocycles. The van der Waals surface area contributed by atoms with Crippen molar-refractivity contribution in [3.63, 3.8) is 0 Å². The Hall–Kier alpha value is -3.67. The predicted molar refractivity (Wildman–Crippen MR) is 125 cm³/mol. The topological polar surface area (TPSA) is 69.7 Å². The Bertz CT molecular complexity index is 1200. The number of rotatable bonds is 7. The number of aryl methyl sites for hydroxylation is 1. The van der Waals surface area contributed by atoms with Crippen LogP contribution in [0.15, 0.2) is 60.7 Å². The van der Waals surface area contributed by atoms with Crippen LogP contribution in [0.25, 0.3) is 10.8 Å². The molecule has 0 aliphatic carbocycles. The van der Waals surface area contributed by atoms with Gasteiger partial charge in [-0.25, -0.2) is 0 Å². The quantitative estimate of drug-likeness (QED) is 0.623. The Kier molecular flexibility index (Phi) is 5.95. The Morgan fingerprint density at radius 2 is 1.75 bits per heavy atom. The van der Waals surface area contributed by atoms with E-state index in [1.165, 1.54) is 4.90 Å². The number of hydrogen-bond acceptors (Lipinski definition) is 3. The van der Waals surface area contributed by atoms with Gasteiger partial charge in [0.1, 0.15) is 12.6 Å². The lowest BCUT2D eigenvalue weighted by atomic mass is 10.1. The summed E-state index contributed by atoms with van der Waals surface area (Å²) < 4.78 is 0. The third-order valence-electron chi connectivity index (χ3n) is 6.18. The van der Waals surface area contributed by atoms with Gasteiger partial charge in [0.25, 0.3) is 5.91 Å². The van der Waals surface area contributed by atoms with Crippen molar-refractivity contribution in [1.82, 2.24) is 10.2 Å². The molecule has 164 valence electrons. The van der Waals surface area contributed by atoms with Crippen molar-refractivity contribution in [3.8, 4) is 0 Å². The molecule has 32 heavy (non-hydrogen) atoms. The summed E-state index contributed by atoms with van der Waals surface area (Å²) in [6.07, 6.45) is 0.473. The van der Waals surface area contributed by atoms with Gasteiger partial charge >= 0.3 is 0 Å². The van der Waals surface area contributed by atoms with Gasteiger partial charge in [-0.3, -0.25) is 19.3 Å². The van der Waals surface area contributed by atoms with E-state index in [0.29, 0.717) is 18.5 Å². The summed E-state index contributed by atoms with van der Waals surface area (Å²) >= 11 is 0. The van der Waals surface area contributed by atoms with Gasteiger partial charge in [0.15, 0.2) is 0 Å². The monoisotopic (exact) mass is 429 g/mol. The Morgan fingerprint density at radius 1 is 1.03 bits per heavy atom. The highest BCUT2D eigenvalue weighted by Crippen LogP contribution is 2.37. The molecule has 0 bridgehead atoms. The molecular weight excluding hydrogens is 402 g/mol. The molecule has 0 fully saturated rings. The van der Waals surface area contributed by atoms with E-state index in [0.717, 1.165) is 27.6 Å². The molecule has 3 aromatic carbocycles. The lowest BCUT2D eigenvalue weighted by Gasteiger charge is -2.32. The molecule has 0 saturated heterocycles. The van der Waals surface area contributed by atoms with Crippen molar-refractivity contribution in [2.24, 2.45) is 0 Å². The number of carbonyl (C=O) groups excluding carboxylic acids is 3. The van der Waals surface area contributed by atoms with E-state index in [2.05, 4.69) is 5.32 Å². The average molecular weight is 430 g/mol. The largest absolute Gasteiger partial charge is 0.357 e. The van der Waals surface area contributed by atoms with E-state index in [-0.39, 0.29) is 24.3 Å². The minimum Gasteiger partial charge on any atom is -0.357 e. The molecule has 1 N–H and O–H groups in total. The van der Waals surface area contributed by atoms with Crippen molar-refractivity contribution in [3.05, 3.63) is 77.4 Å². The van der Waals surface area contributed by atoms with Gasteiger partial charge in [-0.2, -0.15) is 0 Å². The third-order valence-corrected chi connectivity index (χ3v) is 6.18. The van der Waals surface area contributed by atoms with Gasteiger partial charge in [-0.15, -0.1) is 0 Å². The fraction of sp³-hybridized carbons (Fsp3) is 0.269. The Balaban J connectivity index is 1.67. The molecule has 6 nitrogen and oxygen atoms in total. The number of anilines is 1. The molecule has 0 aromatic heterocycles. The van der Waals surface area contributed by atoms with E-state index in [1.54, 1.807) is 18.0 Å². The van der Waals surface area contributed by atoms with Gasteiger partial charge in [0.05, 0.1) is 5.69 Å². The maximum absolute atomic E-state index is 13.6. The standard InChI is InChI=1S/C26H27N3O3/c1-4-21(25(31)27-3)28(15-19-10-6-5-9-17(19)2)23(30)16-29-22-14-8-12-18-11-7-13-20(24(18)22)26(29)32/h5-14,21H,4,15-16H2,1-3H3,(H,27,31)/t21-/m1/s1. The number of benzene rings is 3. The van der Waals surface area contributed by atoms with Gasteiger partial charge < -0.3 is 10.2 Å². The first-order valence-corrected chi connectivity index (χ1v) is 10.9. The zero-order chi connectivity index (χ0) is 22.8. The van der Waals surface area contributed by atoms with Crippen LogP contribution in [-0.4, -0.2) is 42.3 Å². The van der Waals surface area contributed by atoms with Crippen molar-refractivity contribution >= 4 is 34.2 Å². The normalized spacial score (nSPS) is 13.3. The van der Waals surface area contributed by atoms with Crippen molar-refractivity contribution in [1.29, 1.82) is 0 Å². The van der Waals surface area contributed by atoms with Crippen LogP contribution < -0.4 is 10.2 Å². The van der Waals surface area contributed by atoms with Crippen LogP contribution in [0.5, 0.6) is 0 Å². The van der Waals surface area contributed by atoms with E-state index in [4.69, 9.17) is 0 Å². The molecule has 3 aromatic rings. The lowest BCUT2D eigenvalue weighted by Crippen LogP contribution is -2.51. The van der Waals surface area contributed by atoms with Crippen molar-refractivity contribution < 1.29 is 14.4 Å². The fourth-order valence-electron chi connectivity index (χ4n) is 4.42. The number of likely N-dealkylation sites (N-methyl/N-ethyl adjacent to an activating group) is 1. The third kappa shape index (κ3) is 3.73. The number of amides is 3. The van der Waals surface area contributed by atoms with Gasteiger partial charge in [-0.1, -0.05) is 55.5 Å². The van der Waals surface area contributed by atoms with Crippen LogP contribution >= 0.6 is 0 Å². The zero-order valence-electron chi connectivity index (χ0n) is 18.6. The molecule has 4 rings (SSSR count). The minimum atomic E-state index is -0.622. The highest BCUT2D eigenvalue weighted by molar-refractivity contribution is 6.26. The number of carbonyl (C=O) groups is 3. The van der Waals surface area contributed by atoms with Crippen LogP contribution in [0, 0.1) is 6.92 Å². The molecule has 1 atom stereocenters. The van der Waals surface area contributed by atoms with Crippen LogP contribution in [0.4, 0.5) is 5.69 Å². The van der Waals surface area contributed by atoms with Crippen LogP contribution in [0.3, 0.4) is 0 Å². The second kappa shape index (κ2) is 8.83. The summed E-state index contributed by atoms with van der Waals surface area (Å²) in [7, 11) is 1.57. The first-order valence-electron chi connectivity index (χ1n) is 10.9. The summed E-state index contributed by atoms with van der Waals surface area (Å²) in [4.78, 5) is 42.5. The zero-order valence-corrected chi connectivity index (χ0v) is 18.6. The molecule has 6 heteroatoms. The predicted octanol–water partition coefficient (Wildman–Crippen LogP) is 3.66. The highest BCUT2D eigenvalue weighted by Gasteiger charge is 2.34. The Morgan fingerprint density at radius 3 is 2.44 bits per heavy atom. The maximum atomic E-state index is 13.6. The lowest BCUT2D eigenvalue weighted by molar-refractivity contribution is -0.140. The second-order valence-corrected chi connectivity index (χ2v) is 8.06. The smallest absolute Gasteiger partial charge is 0.259 e. The van der Waals surface area contributed by atoms with E-state index in [9.17, 15) is 14.4 Å². The minimum absolute atomic E-state index is 0.119. The van der Waals surface area contributed by atoms with E-state index >= 15 is 0 Å². The first-order chi connectivity index (χ1) is 15.5. The van der Waals surface area contributed by atoms with Crippen molar-refractivity contribution in [2.45, 2.75) is 32.9 Å². The molecule has 1 aliphatic rings. The maximum Gasteiger partial charge on any atom is 0.259 e. The van der Waals surface area contributed by atoms with Crippen LogP contribution in [-0.2, 0) is 16.1 Å². The summed E-state index contributed by atoms with van der Waals surface area (Å²) in [5.41, 5.74) is 3.36. The molecule has 0 spiro atoms. The summed E-state index contributed by atoms with van der Waals surface area (Å²) in [6, 6.07) is 18.5. The molecule has 0 unspecified atom stereocenters. The summed E-state index contributed by atoms with van der Waals surface area (Å²) in [5, 5.41) is 4.51. The summed E-state index contributed by atoms with van der Waals surface area (Å²) in [5.74, 6) is -0.664. The van der Waals surface area contributed by atoms with E-state index in [1.807, 2.05) is 68.4 Å². The second-order valence-electron chi connectivity index (χ2n) is 8.06. The molecular formula is C26H27N3O3. The van der Waals surface area contributed by atoms with Crippen LogP contribution in [0.2, 0.25) is 0 Å². The molecule has 1 aliphatic heterocycles. The fourth-order valence-corrected chi connectivity index (χ4v) is 4.42. The van der Waals surface area contributed by atoms with E-state index < -0.39 is 6.04 Å². The van der Waals surface area contributed by atoms with Gasteiger partial charge in [-0.05, 0) is 42.0 Å². The number of nitrogens with zero attached hydrogens (tertiary/aromatic N) is 2. The average Bonchev–Trinajstić information content (AvgIpc) is 3.08. The molecule has 3 amide bonds. The number of nitrogens with one attached hydrogen (secondary N) is 1. The Labute approximate surface area is 187 Å². The van der Waals surface area contributed by atoms with Crippen molar-refractivity contribution in [2.75, 3.05) is 18.5 Å². The first kappa shape index (κ1) is 21.6. The number of hydrogen-bond donors (Lipinski definition) is 1. The molecule has 1 heterocycles. The van der Waals surface area contributed by atoms with Gasteiger partial charge in [0.2, 0.25) is 11.8 Å².